The molecule has 0 aliphatic rings. The molecule has 0 aliphatic carbocycles. The van der Waals surface area contributed by atoms with Crippen LogP contribution in [-0.4, -0.2) is 29.2 Å². The quantitative estimate of drug-likeness (QED) is 0.832. The zero-order valence-electron chi connectivity index (χ0n) is 14.4. The molecular weight excluding hydrogens is 266 g/mol. The van der Waals surface area contributed by atoms with E-state index in [-0.39, 0.29) is 11.0 Å². The first-order valence-corrected chi connectivity index (χ1v) is 7.43. The van der Waals surface area contributed by atoms with E-state index in [0.29, 0.717) is 24.9 Å². The van der Waals surface area contributed by atoms with Gasteiger partial charge in [-0.2, -0.15) is 4.98 Å². The SMILES string of the molecule is CCOc1cc(NC(C)(C)CC(C)(C)C)nc(COC)n1. The highest BCUT2D eigenvalue weighted by Crippen LogP contribution is 2.29. The molecule has 0 aliphatic heterocycles. The highest BCUT2D eigenvalue weighted by molar-refractivity contribution is 5.41. The van der Waals surface area contributed by atoms with Gasteiger partial charge in [-0.25, -0.2) is 4.98 Å². The third-order valence-corrected chi connectivity index (χ3v) is 2.75. The van der Waals surface area contributed by atoms with Gasteiger partial charge in [0.2, 0.25) is 5.88 Å². The number of hydrogen-bond donors (Lipinski definition) is 1. The number of nitrogens with zero attached hydrogens (tertiary/aromatic N) is 2. The number of methoxy groups -OCH3 is 1. The Morgan fingerprint density at radius 3 is 2.33 bits per heavy atom. The van der Waals surface area contributed by atoms with Crippen molar-refractivity contribution in [1.29, 1.82) is 0 Å². The van der Waals surface area contributed by atoms with Crippen molar-refractivity contribution < 1.29 is 9.47 Å². The fraction of sp³-hybridized carbons (Fsp3) is 0.750. The van der Waals surface area contributed by atoms with E-state index in [1.54, 1.807) is 7.11 Å². The van der Waals surface area contributed by atoms with Crippen molar-refractivity contribution in [3.63, 3.8) is 0 Å². The van der Waals surface area contributed by atoms with Crippen LogP contribution in [0.2, 0.25) is 0 Å². The topological polar surface area (TPSA) is 56.3 Å². The van der Waals surface area contributed by atoms with Crippen LogP contribution in [0.1, 0.15) is 53.8 Å². The summed E-state index contributed by atoms with van der Waals surface area (Å²) < 4.78 is 10.6. The van der Waals surface area contributed by atoms with E-state index < -0.39 is 0 Å². The normalized spacial score (nSPS) is 12.3. The minimum Gasteiger partial charge on any atom is -0.478 e. The Kier molecular flexibility index (Phi) is 5.96. The number of anilines is 1. The van der Waals surface area contributed by atoms with Crippen LogP contribution in [0.25, 0.3) is 0 Å². The largest absolute Gasteiger partial charge is 0.478 e. The van der Waals surface area contributed by atoms with Crippen molar-refractivity contribution in [1.82, 2.24) is 9.97 Å². The minimum atomic E-state index is -0.0690. The summed E-state index contributed by atoms with van der Waals surface area (Å²) in [6.45, 7) is 13.9. The molecule has 1 aromatic heterocycles. The van der Waals surface area contributed by atoms with Crippen molar-refractivity contribution in [2.24, 2.45) is 5.41 Å². The lowest BCUT2D eigenvalue weighted by Gasteiger charge is -2.33. The van der Waals surface area contributed by atoms with Crippen LogP contribution in [-0.2, 0) is 11.3 Å². The second-order valence-electron chi connectivity index (χ2n) is 7.12. The molecule has 0 saturated heterocycles. The molecule has 5 heteroatoms. The molecule has 0 unspecified atom stereocenters. The molecule has 1 N–H and O–H groups in total. The highest BCUT2D eigenvalue weighted by atomic mass is 16.5. The van der Waals surface area contributed by atoms with Crippen molar-refractivity contribution in [3.8, 4) is 5.88 Å². The van der Waals surface area contributed by atoms with Crippen LogP contribution in [0.3, 0.4) is 0 Å². The smallest absolute Gasteiger partial charge is 0.218 e. The first kappa shape index (κ1) is 17.7. The Hall–Kier alpha value is -1.36. The number of hydrogen-bond acceptors (Lipinski definition) is 5. The maximum Gasteiger partial charge on any atom is 0.218 e. The van der Waals surface area contributed by atoms with Gasteiger partial charge in [-0.1, -0.05) is 20.8 Å². The molecule has 1 rings (SSSR count). The molecule has 21 heavy (non-hydrogen) atoms. The third-order valence-electron chi connectivity index (χ3n) is 2.75. The summed E-state index contributed by atoms with van der Waals surface area (Å²) in [6.07, 6.45) is 1.02. The van der Waals surface area contributed by atoms with Crippen molar-refractivity contribution in [2.75, 3.05) is 19.0 Å². The summed E-state index contributed by atoms with van der Waals surface area (Å²) >= 11 is 0. The predicted molar refractivity (Wildman–Crippen MR) is 85.7 cm³/mol. The number of nitrogens with one attached hydrogen (secondary N) is 1. The minimum absolute atomic E-state index is 0.0690. The molecule has 1 aromatic rings. The van der Waals surface area contributed by atoms with Crippen LogP contribution in [0.15, 0.2) is 6.07 Å². The van der Waals surface area contributed by atoms with E-state index in [4.69, 9.17) is 9.47 Å². The van der Waals surface area contributed by atoms with Gasteiger partial charge in [-0.05, 0) is 32.6 Å². The number of rotatable bonds is 7. The van der Waals surface area contributed by atoms with Gasteiger partial charge in [0.1, 0.15) is 12.4 Å². The Morgan fingerprint density at radius 2 is 1.81 bits per heavy atom. The van der Waals surface area contributed by atoms with E-state index in [1.807, 2.05) is 13.0 Å². The second kappa shape index (κ2) is 7.07. The Morgan fingerprint density at radius 1 is 1.14 bits per heavy atom. The van der Waals surface area contributed by atoms with E-state index in [0.717, 1.165) is 12.2 Å². The standard InChI is InChI=1S/C16H29N3O2/c1-8-21-14-9-12(17-13(18-14)10-20-7)19-16(5,6)11-15(2,3)4/h9H,8,10-11H2,1-7H3,(H,17,18,19). The summed E-state index contributed by atoms with van der Waals surface area (Å²) in [7, 11) is 1.63. The Balaban J connectivity index is 2.95. The summed E-state index contributed by atoms with van der Waals surface area (Å²) in [6, 6.07) is 1.84. The van der Waals surface area contributed by atoms with Gasteiger partial charge >= 0.3 is 0 Å². The second-order valence-corrected chi connectivity index (χ2v) is 7.12. The molecule has 1 heterocycles. The molecule has 0 bridgehead atoms. The van der Waals surface area contributed by atoms with E-state index in [1.165, 1.54) is 0 Å². The van der Waals surface area contributed by atoms with E-state index >= 15 is 0 Å². The van der Waals surface area contributed by atoms with Crippen molar-refractivity contribution in [2.45, 2.75) is 60.1 Å². The molecule has 0 amide bonds. The van der Waals surface area contributed by atoms with Gasteiger partial charge in [-0.3, -0.25) is 0 Å². The van der Waals surface area contributed by atoms with Gasteiger partial charge in [0.05, 0.1) is 6.61 Å². The third kappa shape index (κ3) is 6.76. The lowest BCUT2D eigenvalue weighted by Crippen LogP contribution is -2.35. The van der Waals surface area contributed by atoms with Gasteiger partial charge in [0.25, 0.3) is 0 Å². The summed E-state index contributed by atoms with van der Waals surface area (Å²) in [4.78, 5) is 8.81. The molecule has 0 aromatic carbocycles. The van der Waals surface area contributed by atoms with Crippen LogP contribution >= 0.6 is 0 Å². The van der Waals surface area contributed by atoms with Gasteiger partial charge < -0.3 is 14.8 Å². The zero-order chi connectivity index (χ0) is 16.1. The van der Waals surface area contributed by atoms with Gasteiger partial charge in [0.15, 0.2) is 5.82 Å². The van der Waals surface area contributed by atoms with Crippen LogP contribution in [0, 0.1) is 5.41 Å². The zero-order valence-corrected chi connectivity index (χ0v) is 14.4. The Labute approximate surface area is 128 Å². The summed E-state index contributed by atoms with van der Waals surface area (Å²) in [5, 5.41) is 3.49. The molecule has 0 radical (unpaired) electrons. The van der Waals surface area contributed by atoms with Gasteiger partial charge in [-0.15, -0.1) is 0 Å². The monoisotopic (exact) mass is 295 g/mol. The Bertz CT molecular complexity index is 429. The van der Waals surface area contributed by atoms with Crippen molar-refractivity contribution >= 4 is 5.82 Å². The van der Waals surface area contributed by atoms with E-state index in [9.17, 15) is 0 Å². The van der Waals surface area contributed by atoms with Crippen molar-refractivity contribution in [3.05, 3.63) is 11.9 Å². The summed E-state index contributed by atoms with van der Waals surface area (Å²) in [5.74, 6) is 1.97. The van der Waals surface area contributed by atoms with Crippen LogP contribution in [0.4, 0.5) is 5.82 Å². The van der Waals surface area contributed by atoms with Crippen LogP contribution < -0.4 is 10.1 Å². The van der Waals surface area contributed by atoms with E-state index in [2.05, 4.69) is 49.9 Å². The average molecular weight is 295 g/mol. The average Bonchev–Trinajstić information content (AvgIpc) is 2.24. The maximum atomic E-state index is 5.50. The lowest BCUT2D eigenvalue weighted by molar-refractivity contribution is 0.176. The molecule has 0 fully saturated rings. The first-order valence-electron chi connectivity index (χ1n) is 7.43. The maximum absolute atomic E-state index is 5.50. The summed E-state index contributed by atoms with van der Waals surface area (Å²) in [5.41, 5.74) is 0.169. The fourth-order valence-electron chi connectivity index (χ4n) is 2.67. The number of aromatic nitrogens is 2. The lowest BCUT2D eigenvalue weighted by atomic mass is 9.82. The predicted octanol–water partition coefficient (Wildman–Crippen LogP) is 3.65. The molecule has 0 saturated carbocycles. The molecule has 5 nitrogen and oxygen atoms in total. The first-order chi connectivity index (χ1) is 9.65. The molecule has 0 spiro atoms. The number of ether oxygens (including phenoxy) is 2. The molecular formula is C16H29N3O2. The fourth-order valence-corrected chi connectivity index (χ4v) is 2.67. The van der Waals surface area contributed by atoms with Gasteiger partial charge in [0, 0.05) is 18.7 Å². The van der Waals surface area contributed by atoms with Crippen LogP contribution in [0.5, 0.6) is 5.88 Å². The highest BCUT2D eigenvalue weighted by Gasteiger charge is 2.26. The molecule has 120 valence electrons. The molecule has 0 atom stereocenters.